The van der Waals surface area contributed by atoms with Gasteiger partial charge in [0.1, 0.15) is 6.54 Å². The third-order valence-electron chi connectivity index (χ3n) is 3.43. The molecule has 0 radical (unpaired) electrons. The van der Waals surface area contributed by atoms with E-state index in [0.717, 1.165) is 11.4 Å². The second-order valence-corrected chi connectivity index (χ2v) is 5.31. The molecule has 3 N–H and O–H groups in total. The lowest BCUT2D eigenvalue weighted by Crippen LogP contribution is -2.30. The fraction of sp³-hybridized carbons (Fsp3) is 0.462. The minimum atomic E-state index is -0.0179. The van der Waals surface area contributed by atoms with E-state index in [9.17, 15) is 4.79 Å². The Morgan fingerprint density at radius 3 is 3.05 bits per heavy atom. The lowest BCUT2D eigenvalue weighted by molar-refractivity contribution is -0.131. The predicted molar refractivity (Wildman–Crippen MR) is 73.7 cm³/mol. The molecule has 1 amide bonds. The lowest BCUT2D eigenvalue weighted by Gasteiger charge is -2.15. The number of aromatic nitrogens is 4. The molecule has 7 heteroatoms. The van der Waals surface area contributed by atoms with Crippen LogP contribution in [0.4, 0.5) is 5.69 Å². The van der Waals surface area contributed by atoms with Crippen LogP contribution in [-0.2, 0) is 17.9 Å². The van der Waals surface area contributed by atoms with Gasteiger partial charge in [0.05, 0.1) is 29.8 Å². The molecule has 0 aromatic carbocycles. The van der Waals surface area contributed by atoms with Crippen molar-refractivity contribution in [2.75, 3.05) is 12.8 Å². The smallest absolute Gasteiger partial charge is 0.244 e. The molecule has 0 saturated heterocycles. The zero-order valence-electron chi connectivity index (χ0n) is 11.4. The van der Waals surface area contributed by atoms with Gasteiger partial charge in [-0.15, -0.1) is 0 Å². The number of nitrogen functional groups attached to an aromatic ring is 1. The summed E-state index contributed by atoms with van der Waals surface area (Å²) in [6.07, 6.45) is 5.62. The molecule has 0 aliphatic heterocycles. The number of hydrogen-bond donors (Lipinski definition) is 2. The van der Waals surface area contributed by atoms with Crippen LogP contribution in [0.15, 0.2) is 18.5 Å². The van der Waals surface area contributed by atoms with Gasteiger partial charge >= 0.3 is 0 Å². The maximum atomic E-state index is 12.1. The first kappa shape index (κ1) is 12.7. The highest BCUT2D eigenvalue weighted by atomic mass is 16.2. The molecule has 0 spiro atoms. The number of nitrogens with zero attached hydrogens (tertiary/aromatic N) is 4. The third-order valence-corrected chi connectivity index (χ3v) is 3.43. The molecule has 1 saturated carbocycles. The number of anilines is 1. The Bertz CT molecular complexity index is 612. The van der Waals surface area contributed by atoms with Crippen molar-refractivity contribution in [1.29, 1.82) is 0 Å². The van der Waals surface area contributed by atoms with Crippen LogP contribution in [0.5, 0.6) is 0 Å². The fourth-order valence-corrected chi connectivity index (χ4v) is 2.12. The first-order chi connectivity index (χ1) is 9.61. The summed E-state index contributed by atoms with van der Waals surface area (Å²) >= 11 is 0. The van der Waals surface area contributed by atoms with Gasteiger partial charge in [-0.25, -0.2) is 0 Å². The summed E-state index contributed by atoms with van der Waals surface area (Å²) in [5, 5.41) is 11.3. The molecule has 2 heterocycles. The molecular weight excluding hydrogens is 256 g/mol. The van der Waals surface area contributed by atoms with E-state index in [1.165, 1.54) is 23.7 Å². The fourth-order valence-electron chi connectivity index (χ4n) is 2.12. The molecule has 0 unspecified atom stereocenters. The van der Waals surface area contributed by atoms with Gasteiger partial charge in [-0.05, 0) is 18.9 Å². The van der Waals surface area contributed by atoms with Crippen molar-refractivity contribution in [3.8, 4) is 0 Å². The first-order valence-electron chi connectivity index (χ1n) is 6.68. The number of aromatic amines is 1. The van der Waals surface area contributed by atoms with Crippen LogP contribution in [0.3, 0.4) is 0 Å². The van der Waals surface area contributed by atoms with Gasteiger partial charge < -0.3 is 10.6 Å². The highest BCUT2D eigenvalue weighted by Gasteiger charge is 2.26. The van der Waals surface area contributed by atoms with Crippen molar-refractivity contribution in [3.05, 3.63) is 29.8 Å². The van der Waals surface area contributed by atoms with Crippen LogP contribution in [-0.4, -0.2) is 37.8 Å². The zero-order valence-corrected chi connectivity index (χ0v) is 11.4. The second kappa shape index (κ2) is 4.99. The van der Waals surface area contributed by atoms with Gasteiger partial charge in [0.2, 0.25) is 5.91 Å². The molecule has 0 bridgehead atoms. The van der Waals surface area contributed by atoms with Crippen molar-refractivity contribution in [2.24, 2.45) is 0 Å². The van der Waals surface area contributed by atoms with Crippen molar-refractivity contribution < 1.29 is 4.79 Å². The number of amides is 1. The molecule has 2 aromatic heterocycles. The molecular formula is C13H18N6O. The van der Waals surface area contributed by atoms with Crippen molar-refractivity contribution >= 4 is 11.6 Å². The number of hydrogen-bond acceptors (Lipinski definition) is 4. The van der Waals surface area contributed by atoms with E-state index in [2.05, 4.69) is 15.3 Å². The number of nitrogens with two attached hydrogens (primary N) is 1. The summed E-state index contributed by atoms with van der Waals surface area (Å²) in [4.78, 5) is 13.7. The Kier molecular flexibility index (Phi) is 3.17. The molecule has 1 aliphatic rings. The van der Waals surface area contributed by atoms with Crippen LogP contribution in [0.2, 0.25) is 0 Å². The van der Waals surface area contributed by atoms with Gasteiger partial charge in [0.15, 0.2) is 0 Å². The van der Waals surface area contributed by atoms with Gasteiger partial charge in [0.25, 0.3) is 0 Å². The quantitative estimate of drug-likeness (QED) is 0.840. The van der Waals surface area contributed by atoms with Crippen LogP contribution >= 0.6 is 0 Å². The summed E-state index contributed by atoms with van der Waals surface area (Å²) < 4.78 is 1.54. The summed E-state index contributed by atoms with van der Waals surface area (Å²) in [7, 11) is 1.77. The predicted octanol–water partition coefficient (Wildman–Crippen LogP) is 0.724. The van der Waals surface area contributed by atoms with Gasteiger partial charge in [0, 0.05) is 19.2 Å². The highest BCUT2D eigenvalue weighted by Crippen LogP contribution is 2.39. The minimum Gasteiger partial charge on any atom is -0.396 e. The maximum Gasteiger partial charge on any atom is 0.244 e. The summed E-state index contributed by atoms with van der Waals surface area (Å²) in [6.45, 7) is 0.715. The third kappa shape index (κ3) is 2.81. The largest absolute Gasteiger partial charge is 0.396 e. The Balaban J connectivity index is 1.57. The van der Waals surface area contributed by atoms with Crippen LogP contribution < -0.4 is 5.73 Å². The second-order valence-electron chi connectivity index (χ2n) is 5.31. The number of likely N-dealkylation sites (N-methyl/N-ethyl adjacent to an activating group) is 1. The van der Waals surface area contributed by atoms with Gasteiger partial charge in [-0.2, -0.15) is 10.2 Å². The summed E-state index contributed by atoms with van der Waals surface area (Å²) in [6, 6.07) is 2.05. The van der Waals surface area contributed by atoms with E-state index < -0.39 is 0 Å². The molecule has 0 atom stereocenters. The Labute approximate surface area is 116 Å². The Morgan fingerprint density at radius 2 is 2.40 bits per heavy atom. The normalized spacial score (nSPS) is 14.4. The SMILES string of the molecule is CN(Cc1cc(C2CC2)n[nH]1)C(=O)Cn1cc(N)cn1. The molecule has 106 valence electrons. The van der Waals surface area contributed by atoms with Crippen LogP contribution in [0.25, 0.3) is 0 Å². The Morgan fingerprint density at radius 1 is 1.60 bits per heavy atom. The molecule has 1 aliphatic carbocycles. The zero-order chi connectivity index (χ0) is 14.1. The van der Waals surface area contributed by atoms with Crippen molar-refractivity contribution in [1.82, 2.24) is 24.9 Å². The topological polar surface area (TPSA) is 92.8 Å². The van der Waals surface area contributed by atoms with Crippen molar-refractivity contribution in [3.63, 3.8) is 0 Å². The maximum absolute atomic E-state index is 12.1. The molecule has 3 rings (SSSR count). The number of carbonyl (C=O) groups is 1. The van der Waals surface area contributed by atoms with E-state index in [1.54, 1.807) is 18.1 Å². The van der Waals surface area contributed by atoms with Gasteiger partial charge in [-0.3, -0.25) is 14.6 Å². The molecule has 2 aromatic rings. The number of H-pyrrole nitrogens is 1. The lowest BCUT2D eigenvalue weighted by atomic mass is 10.2. The average molecular weight is 274 g/mol. The molecule has 1 fully saturated rings. The average Bonchev–Trinajstić information content (AvgIpc) is 3.03. The van der Waals surface area contributed by atoms with E-state index in [-0.39, 0.29) is 12.5 Å². The molecule has 7 nitrogen and oxygen atoms in total. The minimum absolute atomic E-state index is 0.0179. The van der Waals surface area contributed by atoms with E-state index in [1.807, 2.05) is 6.07 Å². The van der Waals surface area contributed by atoms with E-state index in [4.69, 9.17) is 5.73 Å². The molecule has 20 heavy (non-hydrogen) atoms. The number of carbonyl (C=O) groups excluding carboxylic acids is 1. The standard InChI is InChI=1S/C13H18N6O/c1-18(13(20)8-19-6-10(14)5-15-19)7-11-4-12(17-16-11)9-2-3-9/h4-6,9H,2-3,7-8,14H2,1H3,(H,16,17). The van der Waals surface area contributed by atoms with Crippen LogP contribution in [0, 0.1) is 0 Å². The number of nitrogens with one attached hydrogen (secondary N) is 1. The van der Waals surface area contributed by atoms with E-state index >= 15 is 0 Å². The Hall–Kier alpha value is -2.31. The monoisotopic (exact) mass is 274 g/mol. The highest BCUT2D eigenvalue weighted by molar-refractivity contribution is 5.75. The number of rotatable bonds is 5. The first-order valence-corrected chi connectivity index (χ1v) is 6.68. The van der Waals surface area contributed by atoms with Gasteiger partial charge in [-0.1, -0.05) is 0 Å². The van der Waals surface area contributed by atoms with Crippen molar-refractivity contribution in [2.45, 2.75) is 31.8 Å². The summed E-state index contributed by atoms with van der Waals surface area (Å²) in [5.41, 5.74) is 8.20. The van der Waals surface area contributed by atoms with Crippen LogP contribution in [0.1, 0.15) is 30.1 Å². The van der Waals surface area contributed by atoms with E-state index in [0.29, 0.717) is 18.2 Å². The summed E-state index contributed by atoms with van der Waals surface area (Å²) in [5.74, 6) is 0.601.